The summed E-state index contributed by atoms with van der Waals surface area (Å²) in [7, 11) is 0. The molecule has 0 atom stereocenters. The molecule has 2 aliphatic heterocycles. The fraction of sp³-hybridized carbons (Fsp3) is 0.421. The van der Waals surface area contributed by atoms with Crippen molar-refractivity contribution in [1.82, 2.24) is 20.0 Å². The first kappa shape index (κ1) is 16.6. The van der Waals surface area contributed by atoms with Crippen LogP contribution in [0.5, 0.6) is 0 Å². The molecule has 0 unspecified atom stereocenters. The van der Waals surface area contributed by atoms with Gasteiger partial charge in [-0.25, -0.2) is 4.79 Å². The SMILES string of the molecule is N#CC(=C1CCN(C(=O)N2CCOCC2)CC1)c1cccc2[nH]ncc12. The summed E-state index contributed by atoms with van der Waals surface area (Å²) in [4.78, 5) is 16.4. The zero-order valence-corrected chi connectivity index (χ0v) is 14.6. The zero-order valence-electron chi connectivity index (χ0n) is 14.6. The maximum atomic E-state index is 12.6. The Hall–Kier alpha value is -2.85. The molecule has 3 heterocycles. The maximum absolute atomic E-state index is 12.6. The third-order valence-corrected chi connectivity index (χ3v) is 5.14. The average molecular weight is 351 g/mol. The number of aromatic amines is 1. The predicted octanol–water partition coefficient (Wildman–Crippen LogP) is 2.39. The Morgan fingerprint density at radius 2 is 1.88 bits per heavy atom. The Labute approximate surface area is 151 Å². The molecule has 7 heteroatoms. The normalized spacial score (nSPS) is 18.0. The Balaban J connectivity index is 1.53. The number of piperidine rings is 1. The molecule has 2 aliphatic rings. The number of aromatic nitrogens is 2. The first-order chi connectivity index (χ1) is 12.8. The number of likely N-dealkylation sites (tertiary alicyclic amines) is 1. The van der Waals surface area contributed by atoms with Crippen molar-refractivity contribution in [3.63, 3.8) is 0 Å². The van der Waals surface area contributed by atoms with Crippen LogP contribution < -0.4 is 0 Å². The molecule has 0 radical (unpaired) electrons. The first-order valence-electron chi connectivity index (χ1n) is 8.94. The lowest BCUT2D eigenvalue weighted by Gasteiger charge is -2.35. The fourth-order valence-corrected chi connectivity index (χ4v) is 3.69. The number of carbonyl (C=O) groups is 1. The average Bonchev–Trinajstić information content (AvgIpc) is 3.19. The van der Waals surface area contributed by atoms with E-state index < -0.39 is 0 Å². The number of nitrogens with one attached hydrogen (secondary N) is 1. The van der Waals surface area contributed by atoms with Crippen LogP contribution in [-0.2, 0) is 4.74 Å². The summed E-state index contributed by atoms with van der Waals surface area (Å²) in [5.74, 6) is 0. The largest absolute Gasteiger partial charge is 0.378 e. The van der Waals surface area contributed by atoms with Crippen molar-refractivity contribution >= 4 is 22.5 Å². The van der Waals surface area contributed by atoms with Crippen molar-refractivity contribution in [2.45, 2.75) is 12.8 Å². The number of nitrogens with zero attached hydrogens (tertiary/aromatic N) is 4. The molecule has 2 aromatic rings. The van der Waals surface area contributed by atoms with Gasteiger partial charge in [0.15, 0.2) is 0 Å². The molecule has 26 heavy (non-hydrogen) atoms. The van der Waals surface area contributed by atoms with E-state index >= 15 is 0 Å². The van der Waals surface area contributed by atoms with Crippen LogP contribution >= 0.6 is 0 Å². The summed E-state index contributed by atoms with van der Waals surface area (Å²) >= 11 is 0. The topological polar surface area (TPSA) is 85.3 Å². The van der Waals surface area contributed by atoms with Crippen LogP contribution in [0.2, 0.25) is 0 Å². The molecule has 2 amide bonds. The molecule has 1 N–H and O–H groups in total. The number of amides is 2. The van der Waals surface area contributed by atoms with Crippen LogP contribution in [-0.4, -0.2) is 65.4 Å². The van der Waals surface area contributed by atoms with Crippen LogP contribution in [0.4, 0.5) is 4.79 Å². The summed E-state index contributed by atoms with van der Waals surface area (Å²) < 4.78 is 5.31. The number of fused-ring (bicyclic) bond motifs is 1. The Morgan fingerprint density at radius 1 is 1.15 bits per heavy atom. The number of H-pyrrole nitrogens is 1. The highest BCUT2D eigenvalue weighted by Crippen LogP contribution is 2.30. The van der Waals surface area contributed by atoms with Crippen LogP contribution in [0.15, 0.2) is 30.0 Å². The first-order valence-corrected chi connectivity index (χ1v) is 8.94. The quantitative estimate of drug-likeness (QED) is 0.800. The molecule has 0 aliphatic carbocycles. The van der Waals surface area contributed by atoms with E-state index in [2.05, 4.69) is 16.3 Å². The second kappa shape index (κ2) is 7.18. The van der Waals surface area contributed by atoms with E-state index in [0.29, 0.717) is 39.4 Å². The minimum absolute atomic E-state index is 0.0859. The lowest BCUT2D eigenvalue weighted by molar-refractivity contribution is 0.0427. The molecule has 4 rings (SSSR count). The minimum atomic E-state index is 0.0859. The summed E-state index contributed by atoms with van der Waals surface area (Å²) in [5.41, 5.74) is 3.68. The monoisotopic (exact) mass is 351 g/mol. The second-order valence-corrected chi connectivity index (χ2v) is 6.60. The highest BCUT2D eigenvalue weighted by atomic mass is 16.5. The van der Waals surface area contributed by atoms with Gasteiger partial charge < -0.3 is 14.5 Å². The number of morpholine rings is 1. The molecule has 0 spiro atoms. The van der Waals surface area contributed by atoms with Gasteiger partial charge in [0.25, 0.3) is 0 Å². The molecule has 0 saturated carbocycles. The summed E-state index contributed by atoms with van der Waals surface area (Å²) in [6, 6.07) is 8.33. The van der Waals surface area contributed by atoms with Gasteiger partial charge in [-0.3, -0.25) is 5.10 Å². The van der Waals surface area contributed by atoms with Crippen LogP contribution in [0.1, 0.15) is 18.4 Å². The van der Waals surface area contributed by atoms with E-state index in [9.17, 15) is 10.1 Å². The molecule has 0 bridgehead atoms. The van der Waals surface area contributed by atoms with Crippen LogP contribution in [0, 0.1) is 11.3 Å². The zero-order chi connectivity index (χ0) is 17.9. The summed E-state index contributed by atoms with van der Waals surface area (Å²) in [5, 5.41) is 17.8. The fourth-order valence-electron chi connectivity index (χ4n) is 3.69. The number of rotatable bonds is 1. The van der Waals surface area contributed by atoms with Gasteiger partial charge in [0.2, 0.25) is 0 Å². The van der Waals surface area contributed by atoms with Gasteiger partial charge in [0.1, 0.15) is 0 Å². The van der Waals surface area contributed by atoms with Crippen molar-refractivity contribution < 1.29 is 9.53 Å². The molecule has 2 saturated heterocycles. The van der Waals surface area contributed by atoms with E-state index in [1.807, 2.05) is 28.0 Å². The van der Waals surface area contributed by atoms with Gasteiger partial charge in [0.05, 0.1) is 36.6 Å². The highest BCUT2D eigenvalue weighted by molar-refractivity contribution is 5.96. The Morgan fingerprint density at radius 3 is 2.62 bits per heavy atom. The number of benzene rings is 1. The van der Waals surface area contributed by atoms with Gasteiger partial charge in [-0.1, -0.05) is 12.1 Å². The van der Waals surface area contributed by atoms with Crippen molar-refractivity contribution in [2.75, 3.05) is 39.4 Å². The third kappa shape index (κ3) is 3.04. The third-order valence-electron chi connectivity index (χ3n) is 5.14. The molecule has 1 aromatic heterocycles. The Kier molecular flexibility index (Phi) is 4.59. The number of urea groups is 1. The van der Waals surface area contributed by atoms with Crippen molar-refractivity contribution in [3.8, 4) is 6.07 Å². The molecule has 7 nitrogen and oxygen atoms in total. The molecular weight excluding hydrogens is 330 g/mol. The van der Waals surface area contributed by atoms with Gasteiger partial charge >= 0.3 is 6.03 Å². The van der Waals surface area contributed by atoms with E-state index in [4.69, 9.17) is 4.74 Å². The van der Waals surface area contributed by atoms with Crippen LogP contribution in [0.25, 0.3) is 16.5 Å². The van der Waals surface area contributed by atoms with Gasteiger partial charge in [-0.05, 0) is 24.5 Å². The van der Waals surface area contributed by atoms with Crippen molar-refractivity contribution in [1.29, 1.82) is 5.26 Å². The van der Waals surface area contributed by atoms with E-state index in [-0.39, 0.29) is 6.03 Å². The predicted molar refractivity (Wildman–Crippen MR) is 97.2 cm³/mol. The number of allylic oxidation sites excluding steroid dienone is 1. The maximum Gasteiger partial charge on any atom is 0.320 e. The minimum Gasteiger partial charge on any atom is -0.378 e. The summed E-state index contributed by atoms with van der Waals surface area (Å²) in [6.07, 6.45) is 3.22. The molecule has 134 valence electrons. The van der Waals surface area contributed by atoms with E-state index in [1.54, 1.807) is 6.20 Å². The number of carbonyl (C=O) groups excluding carboxylic acids is 1. The highest BCUT2D eigenvalue weighted by Gasteiger charge is 2.26. The van der Waals surface area contributed by atoms with Crippen molar-refractivity contribution in [3.05, 3.63) is 35.5 Å². The number of nitriles is 1. The molecule has 1 aromatic carbocycles. The standard InChI is InChI=1S/C19H21N5O2/c20-12-16(15-2-1-3-18-17(15)13-21-22-18)14-4-6-23(7-5-14)19(25)24-8-10-26-11-9-24/h1-3,13H,4-11H2,(H,21,22). The number of hydrogen-bond acceptors (Lipinski definition) is 4. The second-order valence-electron chi connectivity index (χ2n) is 6.60. The van der Waals surface area contributed by atoms with Gasteiger partial charge in [-0.2, -0.15) is 10.4 Å². The van der Waals surface area contributed by atoms with Gasteiger partial charge in [-0.15, -0.1) is 0 Å². The Bertz CT molecular complexity index is 879. The van der Waals surface area contributed by atoms with E-state index in [1.165, 1.54) is 0 Å². The van der Waals surface area contributed by atoms with Gasteiger partial charge in [0, 0.05) is 37.1 Å². The van der Waals surface area contributed by atoms with Crippen LogP contribution in [0.3, 0.4) is 0 Å². The summed E-state index contributed by atoms with van der Waals surface area (Å²) in [6.45, 7) is 3.83. The lowest BCUT2D eigenvalue weighted by Crippen LogP contribution is -2.49. The van der Waals surface area contributed by atoms with Crippen molar-refractivity contribution in [2.24, 2.45) is 0 Å². The number of ether oxygens (including phenoxy) is 1. The smallest absolute Gasteiger partial charge is 0.320 e. The van der Waals surface area contributed by atoms with E-state index in [0.717, 1.165) is 40.5 Å². The lowest BCUT2D eigenvalue weighted by atomic mass is 9.92. The molecular formula is C19H21N5O2. The molecule has 2 fully saturated rings. The number of hydrogen-bond donors (Lipinski definition) is 1.